The van der Waals surface area contributed by atoms with Crippen molar-refractivity contribution in [3.63, 3.8) is 0 Å². The normalized spacial score (nSPS) is 11.7. The lowest BCUT2D eigenvalue weighted by Gasteiger charge is -2.31. The van der Waals surface area contributed by atoms with Crippen LogP contribution < -0.4 is 5.56 Å². The van der Waals surface area contributed by atoms with Crippen LogP contribution in [-0.4, -0.2) is 9.67 Å². The maximum absolute atomic E-state index is 11.9. The lowest BCUT2D eigenvalue weighted by Crippen LogP contribution is -2.38. The van der Waals surface area contributed by atoms with Crippen LogP contribution in [0.2, 0.25) is 0 Å². The minimum atomic E-state index is -0.285. The second-order valence-electron chi connectivity index (χ2n) is 4.57. The van der Waals surface area contributed by atoms with Crippen molar-refractivity contribution in [3.05, 3.63) is 28.7 Å². The van der Waals surface area contributed by atoms with E-state index >= 15 is 0 Å². The third-order valence-electron chi connectivity index (χ3n) is 3.09. The maximum atomic E-state index is 11.9. The topological polar surface area (TPSA) is 42.2 Å². The van der Waals surface area contributed by atoms with E-state index in [9.17, 15) is 9.90 Å². The summed E-state index contributed by atoms with van der Waals surface area (Å²) in [6.07, 6.45) is 5.72. The first-order chi connectivity index (χ1) is 7.55. The van der Waals surface area contributed by atoms with Gasteiger partial charge in [-0.3, -0.25) is 4.79 Å². The summed E-state index contributed by atoms with van der Waals surface area (Å²) in [6.45, 7) is 6.31. The van der Waals surface area contributed by atoms with Crippen LogP contribution in [0.1, 0.15) is 46.5 Å². The number of pyridine rings is 1. The Hall–Kier alpha value is -1.25. The van der Waals surface area contributed by atoms with Crippen molar-refractivity contribution in [2.24, 2.45) is 0 Å². The van der Waals surface area contributed by atoms with Crippen LogP contribution in [0, 0.1) is 0 Å². The molecule has 0 spiro atoms. The molecule has 0 saturated carbocycles. The Kier molecular flexibility index (Phi) is 4.16. The second-order valence-corrected chi connectivity index (χ2v) is 4.57. The van der Waals surface area contributed by atoms with Gasteiger partial charge in [-0.1, -0.05) is 26.7 Å². The molecular weight excluding hydrogens is 202 g/mol. The fraction of sp³-hybridized carbons (Fsp3) is 0.615. The molecule has 1 rings (SSSR count). The fourth-order valence-corrected chi connectivity index (χ4v) is 2.35. The van der Waals surface area contributed by atoms with Gasteiger partial charge in [-0.25, -0.2) is 0 Å². The van der Waals surface area contributed by atoms with Gasteiger partial charge in [-0.15, -0.1) is 0 Å². The summed E-state index contributed by atoms with van der Waals surface area (Å²) in [4.78, 5) is 11.9. The van der Waals surface area contributed by atoms with Crippen molar-refractivity contribution in [1.29, 1.82) is 0 Å². The lowest BCUT2D eigenvalue weighted by molar-refractivity contribution is 0.253. The van der Waals surface area contributed by atoms with Crippen LogP contribution >= 0.6 is 0 Å². The molecule has 3 nitrogen and oxygen atoms in total. The first-order valence-corrected chi connectivity index (χ1v) is 5.96. The summed E-state index contributed by atoms with van der Waals surface area (Å²) in [5.74, 6) is -0.166. The molecule has 3 heteroatoms. The summed E-state index contributed by atoms with van der Waals surface area (Å²) in [6, 6.07) is 3.16. The van der Waals surface area contributed by atoms with E-state index in [1.165, 1.54) is 6.07 Å². The van der Waals surface area contributed by atoms with Crippen molar-refractivity contribution in [2.75, 3.05) is 0 Å². The lowest BCUT2D eigenvalue weighted by atomic mass is 9.90. The monoisotopic (exact) mass is 223 g/mol. The van der Waals surface area contributed by atoms with Crippen LogP contribution in [0.4, 0.5) is 0 Å². The molecule has 0 radical (unpaired) electrons. The SMILES string of the molecule is CCCC(C)(CCC)n1cccc(O)c1=O. The van der Waals surface area contributed by atoms with E-state index in [0.29, 0.717) is 0 Å². The second kappa shape index (κ2) is 5.19. The predicted octanol–water partition coefficient (Wildman–Crippen LogP) is 2.87. The van der Waals surface area contributed by atoms with Gasteiger partial charge in [0.2, 0.25) is 0 Å². The number of aromatic nitrogens is 1. The molecule has 0 bridgehead atoms. The maximum Gasteiger partial charge on any atom is 0.293 e. The number of aromatic hydroxyl groups is 1. The smallest absolute Gasteiger partial charge is 0.293 e. The molecule has 0 aromatic carbocycles. The summed E-state index contributed by atoms with van der Waals surface area (Å²) in [5, 5.41) is 9.47. The van der Waals surface area contributed by atoms with Crippen LogP contribution in [-0.2, 0) is 5.54 Å². The highest BCUT2D eigenvalue weighted by atomic mass is 16.3. The Morgan fingerprint density at radius 1 is 1.31 bits per heavy atom. The van der Waals surface area contributed by atoms with Crippen molar-refractivity contribution in [2.45, 2.75) is 52.0 Å². The number of hydrogen-bond acceptors (Lipinski definition) is 2. The van der Waals surface area contributed by atoms with Crippen molar-refractivity contribution >= 4 is 0 Å². The Bertz CT molecular complexity index is 389. The van der Waals surface area contributed by atoms with Crippen molar-refractivity contribution in [3.8, 4) is 5.75 Å². The highest BCUT2D eigenvalue weighted by Crippen LogP contribution is 2.26. The molecule has 0 aliphatic rings. The Labute approximate surface area is 96.7 Å². The summed E-state index contributed by atoms with van der Waals surface area (Å²) >= 11 is 0. The number of hydrogen-bond donors (Lipinski definition) is 1. The molecule has 90 valence electrons. The van der Waals surface area contributed by atoms with Gasteiger partial charge in [-0.2, -0.15) is 0 Å². The Balaban J connectivity index is 3.20. The van der Waals surface area contributed by atoms with Crippen LogP contribution in [0.15, 0.2) is 23.1 Å². The number of nitrogens with zero attached hydrogens (tertiary/aromatic N) is 1. The first kappa shape index (κ1) is 12.8. The van der Waals surface area contributed by atoms with E-state index in [-0.39, 0.29) is 16.8 Å². The molecule has 0 saturated heterocycles. The van der Waals surface area contributed by atoms with Crippen molar-refractivity contribution < 1.29 is 5.11 Å². The first-order valence-electron chi connectivity index (χ1n) is 5.96. The molecule has 0 atom stereocenters. The zero-order chi connectivity index (χ0) is 12.2. The molecule has 1 heterocycles. The molecule has 0 fully saturated rings. The molecule has 1 N–H and O–H groups in total. The molecule has 0 aliphatic carbocycles. The van der Waals surface area contributed by atoms with E-state index in [2.05, 4.69) is 20.8 Å². The highest BCUT2D eigenvalue weighted by molar-refractivity contribution is 5.16. The molecule has 1 aromatic rings. The van der Waals surface area contributed by atoms with E-state index in [0.717, 1.165) is 25.7 Å². The zero-order valence-electron chi connectivity index (χ0n) is 10.4. The van der Waals surface area contributed by atoms with Gasteiger partial charge >= 0.3 is 0 Å². The third kappa shape index (κ3) is 2.46. The van der Waals surface area contributed by atoms with Gasteiger partial charge in [0.15, 0.2) is 5.75 Å². The zero-order valence-corrected chi connectivity index (χ0v) is 10.4. The molecule has 0 unspecified atom stereocenters. The largest absolute Gasteiger partial charge is 0.503 e. The van der Waals surface area contributed by atoms with Crippen LogP contribution in [0.3, 0.4) is 0 Å². The molecule has 0 aliphatic heterocycles. The van der Waals surface area contributed by atoms with Gasteiger partial charge < -0.3 is 9.67 Å². The Morgan fingerprint density at radius 2 is 1.88 bits per heavy atom. The van der Waals surface area contributed by atoms with E-state index < -0.39 is 0 Å². The van der Waals surface area contributed by atoms with Gasteiger partial charge in [-0.05, 0) is 31.9 Å². The quantitative estimate of drug-likeness (QED) is 0.834. The van der Waals surface area contributed by atoms with Crippen LogP contribution in [0.25, 0.3) is 0 Å². The van der Waals surface area contributed by atoms with Gasteiger partial charge in [0.1, 0.15) is 0 Å². The molecular formula is C13H21NO2. The van der Waals surface area contributed by atoms with E-state index in [1.54, 1.807) is 16.8 Å². The van der Waals surface area contributed by atoms with E-state index in [4.69, 9.17) is 0 Å². The van der Waals surface area contributed by atoms with Gasteiger partial charge in [0, 0.05) is 11.7 Å². The molecule has 16 heavy (non-hydrogen) atoms. The molecule has 1 aromatic heterocycles. The minimum Gasteiger partial charge on any atom is -0.503 e. The van der Waals surface area contributed by atoms with Gasteiger partial charge in [0.25, 0.3) is 5.56 Å². The summed E-state index contributed by atoms with van der Waals surface area (Å²) in [7, 11) is 0. The van der Waals surface area contributed by atoms with Gasteiger partial charge in [0.05, 0.1) is 0 Å². The van der Waals surface area contributed by atoms with E-state index in [1.807, 2.05) is 0 Å². The van der Waals surface area contributed by atoms with Crippen LogP contribution in [0.5, 0.6) is 5.75 Å². The summed E-state index contributed by atoms with van der Waals surface area (Å²) in [5.41, 5.74) is -0.467. The fourth-order valence-electron chi connectivity index (χ4n) is 2.35. The van der Waals surface area contributed by atoms with Crippen molar-refractivity contribution in [1.82, 2.24) is 4.57 Å². The average molecular weight is 223 g/mol. The third-order valence-corrected chi connectivity index (χ3v) is 3.09. The Morgan fingerprint density at radius 3 is 2.38 bits per heavy atom. The minimum absolute atomic E-state index is 0.166. The highest BCUT2D eigenvalue weighted by Gasteiger charge is 2.25. The summed E-state index contributed by atoms with van der Waals surface area (Å²) < 4.78 is 1.68. The predicted molar refractivity (Wildman–Crippen MR) is 65.8 cm³/mol. The molecule has 0 amide bonds. The average Bonchev–Trinajstić information content (AvgIpc) is 2.22. The standard InChI is InChI=1S/C13H21NO2/c1-4-8-13(3,9-5-2)14-10-6-7-11(15)12(14)16/h6-7,10,15H,4-5,8-9H2,1-3H3. The number of rotatable bonds is 5.